The number of fused-ring (bicyclic) bond motifs is 1. The van der Waals surface area contributed by atoms with E-state index in [2.05, 4.69) is 0 Å². The predicted octanol–water partition coefficient (Wildman–Crippen LogP) is 5.31. The zero-order valence-electron chi connectivity index (χ0n) is 16.6. The van der Waals surface area contributed by atoms with Gasteiger partial charge in [0.25, 0.3) is 0 Å². The number of methoxy groups -OCH3 is 1. The van der Waals surface area contributed by atoms with Crippen molar-refractivity contribution in [2.45, 2.75) is 33.3 Å². The fraction of sp³-hybridized carbons (Fsp3) is 0.273. The molecule has 0 saturated heterocycles. The standard InChI is InChI=1S/C22H23NO5/c1-14-11-16-13-18(27-17-8-6-7-15(12-17)20(24)26-5)9-10-19(16)23(14)21(25)28-22(2,3)4/h6-13H,1-5H3. The Morgan fingerprint density at radius 3 is 2.36 bits per heavy atom. The molecule has 146 valence electrons. The average Bonchev–Trinajstić information content (AvgIpc) is 2.95. The van der Waals surface area contributed by atoms with E-state index in [1.165, 1.54) is 7.11 Å². The number of hydrogen-bond acceptors (Lipinski definition) is 5. The number of hydrogen-bond donors (Lipinski definition) is 0. The highest BCUT2D eigenvalue weighted by molar-refractivity contribution is 5.92. The minimum atomic E-state index is -0.576. The Balaban J connectivity index is 1.90. The van der Waals surface area contributed by atoms with Crippen LogP contribution in [0.1, 0.15) is 36.8 Å². The second-order valence-electron chi connectivity index (χ2n) is 7.44. The molecule has 0 radical (unpaired) electrons. The molecule has 0 aliphatic carbocycles. The highest BCUT2D eigenvalue weighted by Gasteiger charge is 2.21. The maximum absolute atomic E-state index is 12.5. The average molecular weight is 381 g/mol. The van der Waals surface area contributed by atoms with E-state index in [1.807, 2.05) is 45.9 Å². The Kier molecular flexibility index (Phi) is 5.14. The van der Waals surface area contributed by atoms with Crippen molar-refractivity contribution in [3.05, 3.63) is 59.8 Å². The van der Waals surface area contributed by atoms with Gasteiger partial charge < -0.3 is 14.2 Å². The third-order valence-electron chi connectivity index (χ3n) is 4.02. The van der Waals surface area contributed by atoms with Crippen molar-refractivity contribution in [3.8, 4) is 11.5 Å². The van der Waals surface area contributed by atoms with Gasteiger partial charge in [-0.2, -0.15) is 0 Å². The number of rotatable bonds is 3. The van der Waals surface area contributed by atoms with Crippen molar-refractivity contribution in [1.82, 2.24) is 4.57 Å². The van der Waals surface area contributed by atoms with Gasteiger partial charge in [0, 0.05) is 11.1 Å². The van der Waals surface area contributed by atoms with Gasteiger partial charge in [-0.3, -0.25) is 0 Å². The van der Waals surface area contributed by atoms with E-state index in [1.54, 1.807) is 34.9 Å². The van der Waals surface area contributed by atoms with E-state index >= 15 is 0 Å². The molecule has 0 bridgehead atoms. The number of benzene rings is 2. The molecule has 28 heavy (non-hydrogen) atoms. The van der Waals surface area contributed by atoms with Crippen LogP contribution in [0, 0.1) is 6.92 Å². The highest BCUT2D eigenvalue weighted by Crippen LogP contribution is 2.29. The normalized spacial score (nSPS) is 11.3. The van der Waals surface area contributed by atoms with Crippen molar-refractivity contribution in [2.24, 2.45) is 0 Å². The smallest absolute Gasteiger partial charge is 0.419 e. The molecule has 6 nitrogen and oxygen atoms in total. The molecule has 2 aromatic carbocycles. The van der Waals surface area contributed by atoms with Gasteiger partial charge in [0.1, 0.15) is 17.1 Å². The van der Waals surface area contributed by atoms with Crippen molar-refractivity contribution >= 4 is 23.0 Å². The minimum absolute atomic E-state index is 0.410. The van der Waals surface area contributed by atoms with E-state index in [4.69, 9.17) is 14.2 Å². The molecule has 0 aliphatic rings. The van der Waals surface area contributed by atoms with Gasteiger partial charge in [-0.1, -0.05) is 6.07 Å². The summed E-state index contributed by atoms with van der Waals surface area (Å²) in [6, 6.07) is 14.1. The van der Waals surface area contributed by atoms with Crippen LogP contribution in [0.4, 0.5) is 4.79 Å². The summed E-state index contributed by atoms with van der Waals surface area (Å²) in [6.45, 7) is 7.35. The number of aromatic nitrogens is 1. The van der Waals surface area contributed by atoms with Crippen LogP contribution in [-0.4, -0.2) is 29.3 Å². The zero-order chi connectivity index (χ0) is 20.5. The summed E-state index contributed by atoms with van der Waals surface area (Å²) in [7, 11) is 1.33. The van der Waals surface area contributed by atoms with Gasteiger partial charge in [-0.15, -0.1) is 0 Å². The molecule has 0 saturated carbocycles. The lowest BCUT2D eigenvalue weighted by Crippen LogP contribution is -2.27. The van der Waals surface area contributed by atoms with Crippen LogP contribution in [0.3, 0.4) is 0 Å². The summed E-state index contributed by atoms with van der Waals surface area (Å²) in [5.41, 5.74) is 1.35. The number of esters is 1. The van der Waals surface area contributed by atoms with Crippen LogP contribution < -0.4 is 4.74 Å². The molecule has 1 heterocycles. The van der Waals surface area contributed by atoms with Crippen LogP contribution in [0.2, 0.25) is 0 Å². The topological polar surface area (TPSA) is 66.8 Å². The Morgan fingerprint density at radius 1 is 0.964 bits per heavy atom. The SMILES string of the molecule is COC(=O)c1cccc(Oc2ccc3c(c2)cc(C)n3C(=O)OC(C)(C)C)c1. The van der Waals surface area contributed by atoms with E-state index in [9.17, 15) is 9.59 Å². The second kappa shape index (κ2) is 7.38. The molecule has 0 aliphatic heterocycles. The first-order valence-corrected chi connectivity index (χ1v) is 8.89. The van der Waals surface area contributed by atoms with Gasteiger partial charge in [0.2, 0.25) is 0 Å². The first-order valence-electron chi connectivity index (χ1n) is 8.89. The Morgan fingerprint density at radius 2 is 1.68 bits per heavy atom. The van der Waals surface area contributed by atoms with Crippen LogP contribution in [-0.2, 0) is 9.47 Å². The summed E-state index contributed by atoms with van der Waals surface area (Å²) in [5, 5.41) is 0.852. The zero-order valence-corrected chi connectivity index (χ0v) is 16.6. The summed E-state index contributed by atoms with van der Waals surface area (Å²) in [6.07, 6.45) is -0.417. The van der Waals surface area contributed by atoms with Gasteiger partial charge in [0.15, 0.2) is 0 Å². The Bertz CT molecular complexity index is 1040. The van der Waals surface area contributed by atoms with Gasteiger partial charge in [-0.25, -0.2) is 14.2 Å². The lowest BCUT2D eigenvalue weighted by molar-refractivity contribution is 0.0540. The number of carbonyl (C=O) groups is 2. The van der Waals surface area contributed by atoms with Crippen molar-refractivity contribution in [3.63, 3.8) is 0 Å². The van der Waals surface area contributed by atoms with E-state index < -0.39 is 17.7 Å². The molecule has 0 spiro atoms. The van der Waals surface area contributed by atoms with Crippen LogP contribution in [0.15, 0.2) is 48.5 Å². The summed E-state index contributed by atoms with van der Waals surface area (Å²) < 4.78 is 17.6. The maximum atomic E-state index is 12.5. The highest BCUT2D eigenvalue weighted by atomic mass is 16.6. The first-order chi connectivity index (χ1) is 13.2. The quantitative estimate of drug-likeness (QED) is 0.575. The second-order valence-corrected chi connectivity index (χ2v) is 7.44. The molecule has 3 rings (SSSR count). The first kappa shape index (κ1) is 19.5. The third kappa shape index (κ3) is 4.17. The van der Waals surface area contributed by atoms with Gasteiger partial charge in [0.05, 0.1) is 18.2 Å². The van der Waals surface area contributed by atoms with E-state index in [0.717, 1.165) is 16.6 Å². The molecule has 0 N–H and O–H groups in total. The monoisotopic (exact) mass is 381 g/mol. The van der Waals surface area contributed by atoms with Crippen LogP contribution >= 0.6 is 0 Å². The molecule has 0 amide bonds. The lowest BCUT2D eigenvalue weighted by atomic mass is 10.2. The van der Waals surface area contributed by atoms with Crippen molar-refractivity contribution in [2.75, 3.05) is 7.11 Å². The Hall–Kier alpha value is -3.28. The summed E-state index contributed by atoms with van der Waals surface area (Å²) >= 11 is 0. The number of aryl methyl sites for hydroxylation is 1. The maximum Gasteiger partial charge on any atom is 0.419 e. The Labute approximate surface area is 163 Å². The number of carbonyl (C=O) groups excluding carboxylic acids is 2. The van der Waals surface area contributed by atoms with E-state index in [-0.39, 0.29) is 0 Å². The summed E-state index contributed by atoms with van der Waals surface area (Å²) in [5.74, 6) is 0.687. The van der Waals surface area contributed by atoms with Crippen molar-refractivity contribution < 1.29 is 23.8 Å². The van der Waals surface area contributed by atoms with Crippen molar-refractivity contribution in [1.29, 1.82) is 0 Å². The molecule has 0 atom stereocenters. The molecular formula is C22H23NO5. The van der Waals surface area contributed by atoms with Gasteiger partial charge in [-0.05, 0) is 70.2 Å². The van der Waals surface area contributed by atoms with Crippen LogP contribution in [0.25, 0.3) is 10.9 Å². The predicted molar refractivity (Wildman–Crippen MR) is 106 cm³/mol. The molecule has 0 unspecified atom stereocenters. The number of ether oxygens (including phenoxy) is 3. The summed E-state index contributed by atoms with van der Waals surface area (Å²) in [4.78, 5) is 24.2. The fourth-order valence-corrected chi connectivity index (χ4v) is 2.89. The molecule has 3 aromatic rings. The largest absolute Gasteiger partial charge is 0.465 e. The van der Waals surface area contributed by atoms with Crippen LogP contribution in [0.5, 0.6) is 11.5 Å². The number of nitrogens with zero attached hydrogens (tertiary/aromatic N) is 1. The molecule has 0 fully saturated rings. The minimum Gasteiger partial charge on any atom is -0.465 e. The van der Waals surface area contributed by atoms with Gasteiger partial charge >= 0.3 is 12.1 Å². The molecule has 1 aromatic heterocycles. The fourth-order valence-electron chi connectivity index (χ4n) is 2.89. The third-order valence-corrected chi connectivity index (χ3v) is 4.02. The lowest BCUT2D eigenvalue weighted by Gasteiger charge is -2.20. The molecular weight excluding hydrogens is 358 g/mol. The van der Waals surface area contributed by atoms with E-state index in [0.29, 0.717) is 17.1 Å². The molecule has 6 heteroatoms.